The molecule has 0 spiro atoms. The maximum atomic E-state index is 12.4. The fourth-order valence-corrected chi connectivity index (χ4v) is 2.50. The van der Waals surface area contributed by atoms with Gasteiger partial charge in [-0.05, 0) is 26.3 Å². The first-order valence-electron chi connectivity index (χ1n) is 8.04. The molecule has 1 aromatic heterocycles. The van der Waals surface area contributed by atoms with Crippen molar-refractivity contribution in [3.63, 3.8) is 0 Å². The Morgan fingerprint density at radius 1 is 1.17 bits per heavy atom. The van der Waals surface area contributed by atoms with Crippen LogP contribution in [-0.2, 0) is 9.59 Å². The molecule has 1 atom stereocenters. The van der Waals surface area contributed by atoms with Gasteiger partial charge in [-0.25, -0.2) is 4.68 Å². The van der Waals surface area contributed by atoms with Gasteiger partial charge in [-0.3, -0.25) is 9.59 Å². The monoisotopic (exact) mass is 328 g/mol. The van der Waals surface area contributed by atoms with Gasteiger partial charge in [0, 0.05) is 19.0 Å². The molecule has 1 heterocycles. The van der Waals surface area contributed by atoms with Crippen molar-refractivity contribution in [3.05, 3.63) is 47.7 Å². The predicted molar refractivity (Wildman–Crippen MR) is 93.6 cm³/mol. The Kier molecular flexibility index (Phi) is 5.73. The molecule has 128 valence electrons. The quantitative estimate of drug-likeness (QED) is 0.856. The molecule has 1 aromatic carbocycles. The number of benzene rings is 1. The molecule has 0 aliphatic carbocycles. The Bertz CT molecular complexity index is 704. The fraction of sp³-hybridized carbons (Fsp3) is 0.389. The Morgan fingerprint density at radius 2 is 1.83 bits per heavy atom. The molecular formula is C18H24N4O2. The first kappa shape index (κ1) is 17.7. The lowest BCUT2D eigenvalue weighted by molar-refractivity contribution is -0.120. The van der Waals surface area contributed by atoms with E-state index in [0.29, 0.717) is 5.82 Å². The standard InChI is InChI=1S/C18H24N4O2/c1-12(2)22-17(9-10-19-22)21-18(24)11-16(20-14(4)23)15-7-5-13(3)6-8-15/h5-10,12,16H,11H2,1-4H3,(H,20,23)(H,21,24)/t16-/m0/s1. The van der Waals surface area contributed by atoms with Crippen molar-refractivity contribution in [3.8, 4) is 0 Å². The fourth-order valence-electron chi connectivity index (χ4n) is 2.50. The Labute approximate surface area is 142 Å². The van der Waals surface area contributed by atoms with Crippen LogP contribution in [-0.4, -0.2) is 21.6 Å². The number of aromatic nitrogens is 2. The van der Waals surface area contributed by atoms with Crippen molar-refractivity contribution < 1.29 is 9.59 Å². The number of hydrogen-bond donors (Lipinski definition) is 2. The Hall–Kier alpha value is -2.63. The number of anilines is 1. The lowest BCUT2D eigenvalue weighted by atomic mass is 10.0. The zero-order valence-corrected chi connectivity index (χ0v) is 14.5. The van der Waals surface area contributed by atoms with Crippen LogP contribution in [0, 0.1) is 6.92 Å². The number of nitrogens with zero attached hydrogens (tertiary/aromatic N) is 2. The maximum absolute atomic E-state index is 12.4. The van der Waals surface area contributed by atoms with Gasteiger partial charge in [0.15, 0.2) is 0 Å². The topological polar surface area (TPSA) is 76.0 Å². The maximum Gasteiger partial charge on any atom is 0.227 e. The van der Waals surface area contributed by atoms with E-state index in [0.717, 1.165) is 11.1 Å². The van der Waals surface area contributed by atoms with Crippen LogP contribution in [0.1, 0.15) is 50.4 Å². The molecule has 0 saturated heterocycles. The summed E-state index contributed by atoms with van der Waals surface area (Å²) in [5.74, 6) is 0.317. The normalized spacial score (nSPS) is 12.0. The van der Waals surface area contributed by atoms with Crippen LogP contribution < -0.4 is 10.6 Å². The van der Waals surface area contributed by atoms with Gasteiger partial charge in [0.2, 0.25) is 11.8 Å². The van der Waals surface area contributed by atoms with E-state index in [1.54, 1.807) is 16.9 Å². The second-order valence-corrected chi connectivity index (χ2v) is 6.17. The largest absolute Gasteiger partial charge is 0.349 e. The molecule has 0 unspecified atom stereocenters. The molecule has 6 nitrogen and oxygen atoms in total. The summed E-state index contributed by atoms with van der Waals surface area (Å²) in [6.07, 6.45) is 1.81. The van der Waals surface area contributed by atoms with Crippen LogP contribution in [0.3, 0.4) is 0 Å². The first-order chi connectivity index (χ1) is 11.4. The second-order valence-electron chi connectivity index (χ2n) is 6.17. The van der Waals surface area contributed by atoms with Crippen LogP contribution in [0.4, 0.5) is 5.82 Å². The first-order valence-corrected chi connectivity index (χ1v) is 8.04. The molecule has 0 saturated carbocycles. The number of nitrogens with one attached hydrogen (secondary N) is 2. The number of carbonyl (C=O) groups excluding carboxylic acids is 2. The number of carbonyl (C=O) groups is 2. The summed E-state index contributed by atoms with van der Waals surface area (Å²) in [6.45, 7) is 7.44. The minimum atomic E-state index is -0.362. The third-order valence-corrected chi connectivity index (χ3v) is 3.67. The van der Waals surface area contributed by atoms with Gasteiger partial charge in [0.25, 0.3) is 0 Å². The molecule has 6 heteroatoms. The van der Waals surface area contributed by atoms with Crippen molar-refractivity contribution in [1.82, 2.24) is 15.1 Å². The van der Waals surface area contributed by atoms with E-state index >= 15 is 0 Å². The number of rotatable bonds is 6. The Morgan fingerprint density at radius 3 is 2.42 bits per heavy atom. The summed E-state index contributed by atoms with van der Waals surface area (Å²) < 4.78 is 1.75. The van der Waals surface area contributed by atoms with E-state index in [1.165, 1.54) is 6.92 Å². The minimum Gasteiger partial charge on any atom is -0.349 e. The van der Waals surface area contributed by atoms with Crippen molar-refractivity contribution in [2.75, 3.05) is 5.32 Å². The van der Waals surface area contributed by atoms with Crippen molar-refractivity contribution in [2.24, 2.45) is 0 Å². The molecule has 0 aliphatic rings. The van der Waals surface area contributed by atoms with Crippen LogP contribution in [0.15, 0.2) is 36.5 Å². The van der Waals surface area contributed by atoms with Gasteiger partial charge >= 0.3 is 0 Å². The summed E-state index contributed by atoms with van der Waals surface area (Å²) in [4.78, 5) is 23.9. The predicted octanol–water partition coefficient (Wildman–Crippen LogP) is 2.98. The Balaban J connectivity index is 2.11. The number of hydrogen-bond acceptors (Lipinski definition) is 3. The third kappa shape index (κ3) is 4.68. The molecule has 2 rings (SSSR count). The molecule has 2 aromatic rings. The van der Waals surface area contributed by atoms with Crippen LogP contribution in [0.25, 0.3) is 0 Å². The SMILES string of the molecule is CC(=O)N[C@@H](CC(=O)Nc1ccnn1C(C)C)c1ccc(C)cc1. The van der Waals surface area contributed by atoms with Crippen molar-refractivity contribution in [2.45, 2.75) is 46.2 Å². The number of aryl methyl sites for hydroxylation is 1. The lowest BCUT2D eigenvalue weighted by Crippen LogP contribution is -2.30. The molecular weight excluding hydrogens is 304 g/mol. The molecule has 24 heavy (non-hydrogen) atoms. The van der Waals surface area contributed by atoms with E-state index in [9.17, 15) is 9.59 Å². The average Bonchev–Trinajstić information content (AvgIpc) is 2.95. The molecule has 0 aliphatic heterocycles. The smallest absolute Gasteiger partial charge is 0.227 e. The van der Waals surface area contributed by atoms with Gasteiger partial charge in [0.05, 0.1) is 18.7 Å². The second kappa shape index (κ2) is 7.77. The summed E-state index contributed by atoms with van der Waals surface area (Å²) in [6, 6.07) is 9.35. The number of amides is 2. The molecule has 2 amide bonds. The van der Waals surface area contributed by atoms with Crippen molar-refractivity contribution in [1.29, 1.82) is 0 Å². The van der Waals surface area contributed by atoms with Gasteiger partial charge in [-0.1, -0.05) is 29.8 Å². The highest BCUT2D eigenvalue weighted by molar-refractivity contribution is 5.90. The van der Waals surface area contributed by atoms with Crippen LogP contribution in [0.2, 0.25) is 0 Å². The summed E-state index contributed by atoms with van der Waals surface area (Å²) in [5, 5.41) is 9.90. The van der Waals surface area contributed by atoms with E-state index in [-0.39, 0.29) is 30.3 Å². The van der Waals surface area contributed by atoms with Crippen LogP contribution in [0.5, 0.6) is 0 Å². The van der Waals surface area contributed by atoms with Crippen molar-refractivity contribution >= 4 is 17.6 Å². The summed E-state index contributed by atoms with van der Waals surface area (Å²) in [7, 11) is 0. The minimum absolute atomic E-state index is 0.151. The lowest BCUT2D eigenvalue weighted by Gasteiger charge is -2.19. The molecule has 2 N–H and O–H groups in total. The molecule has 0 fully saturated rings. The highest BCUT2D eigenvalue weighted by Crippen LogP contribution is 2.19. The van der Waals surface area contributed by atoms with Gasteiger partial charge in [-0.2, -0.15) is 5.10 Å². The summed E-state index contributed by atoms with van der Waals surface area (Å²) >= 11 is 0. The third-order valence-electron chi connectivity index (χ3n) is 3.67. The zero-order valence-electron chi connectivity index (χ0n) is 14.5. The highest BCUT2D eigenvalue weighted by atomic mass is 16.2. The summed E-state index contributed by atoms with van der Waals surface area (Å²) in [5.41, 5.74) is 2.04. The van der Waals surface area contributed by atoms with Gasteiger partial charge in [-0.15, -0.1) is 0 Å². The van der Waals surface area contributed by atoms with E-state index in [4.69, 9.17) is 0 Å². The van der Waals surface area contributed by atoms with E-state index in [2.05, 4.69) is 15.7 Å². The average molecular weight is 328 g/mol. The molecule has 0 bridgehead atoms. The zero-order chi connectivity index (χ0) is 17.7. The van der Waals surface area contributed by atoms with Gasteiger partial charge < -0.3 is 10.6 Å². The van der Waals surface area contributed by atoms with Gasteiger partial charge in [0.1, 0.15) is 5.82 Å². The van der Waals surface area contributed by atoms with E-state index < -0.39 is 0 Å². The highest BCUT2D eigenvalue weighted by Gasteiger charge is 2.18. The van der Waals surface area contributed by atoms with Crippen LogP contribution >= 0.6 is 0 Å². The van der Waals surface area contributed by atoms with E-state index in [1.807, 2.05) is 45.0 Å². The molecule has 0 radical (unpaired) electrons.